The van der Waals surface area contributed by atoms with Crippen molar-refractivity contribution in [3.8, 4) is 0 Å². The Morgan fingerprint density at radius 3 is 0.967 bits per heavy atom. The Morgan fingerprint density at radius 1 is 0.367 bits per heavy atom. The van der Waals surface area contributed by atoms with E-state index in [4.69, 9.17) is 0 Å². The van der Waals surface area contributed by atoms with E-state index in [9.17, 15) is 0 Å². The smallest absolute Gasteiger partial charge is 0.0484 e. The van der Waals surface area contributed by atoms with Crippen LogP contribution in [0.4, 0.5) is 0 Å². The third kappa shape index (κ3) is 1.77. The molecule has 0 aliphatic carbocycles. The molecule has 0 saturated carbocycles. The zero-order chi connectivity index (χ0) is 20.1. The fraction of sp³-hybridized carbons (Fsp3) is 0.111. The highest BCUT2D eigenvalue weighted by Crippen LogP contribution is 2.44. The van der Waals surface area contributed by atoms with E-state index in [1.54, 1.807) is 0 Å². The molecule has 0 atom stereocenters. The lowest BCUT2D eigenvalue weighted by atomic mass is 9.89. The molecule has 0 unspecified atom stereocenters. The van der Waals surface area contributed by atoms with Crippen molar-refractivity contribution < 1.29 is 0 Å². The monoisotopic (exact) mass is 387 g/mol. The van der Waals surface area contributed by atoms with Crippen LogP contribution in [0.5, 0.6) is 0 Å². The molecule has 0 aliphatic rings. The van der Waals surface area contributed by atoms with Crippen molar-refractivity contribution in [1.82, 2.24) is 13.7 Å². The van der Waals surface area contributed by atoms with Gasteiger partial charge in [-0.25, -0.2) is 0 Å². The van der Waals surface area contributed by atoms with Crippen molar-refractivity contribution in [3.05, 3.63) is 73.2 Å². The Morgan fingerprint density at radius 2 is 0.667 bits per heavy atom. The summed E-state index contributed by atoms with van der Waals surface area (Å²) in [6.07, 6.45) is 6.51. The first-order valence-corrected chi connectivity index (χ1v) is 10.4. The van der Waals surface area contributed by atoms with Gasteiger partial charge in [0.15, 0.2) is 0 Å². The summed E-state index contributed by atoms with van der Waals surface area (Å²) in [6, 6.07) is 20.6. The van der Waals surface area contributed by atoms with E-state index in [1.165, 1.54) is 65.0 Å². The first-order valence-electron chi connectivity index (χ1n) is 10.4. The third-order valence-corrected chi connectivity index (χ3v) is 7.01. The molecule has 4 aromatic carbocycles. The Bertz CT molecular complexity index is 1580. The second-order valence-electron chi connectivity index (χ2n) is 8.54. The van der Waals surface area contributed by atoms with Gasteiger partial charge in [0.2, 0.25) is 0 Å². The molecule has 0 spiro atoms. The first-order chi connectivity index (χ1) is 14.6. The topological polar surface area (TPSA) is 14.8 Å². The summed E-state index contributed by atoms with van der Waals surface area (Å²) < 4.78 is 6.65. The van der Waals surface area contributed by atoms with E-state index in [-0.39, 0.29) is 0 Å². The minimum absolute atomic E-state index is 1.27. The van der Waals surface area contributed by atoms with Gasteiger partial charge in [0.1, 0.15) is 0 Å². The van der Waals surface area contributed by atoms with Crippen molar-refractivity contribution in [2.45, 2.75) is 0 Å². The van der Waals surface area contributed by atoms with Crippen LogP contribution in [0.25, 0.3) is 65.0 Å². The zero-order valence-corrected chi connectivity index (χ0v) is 17.3. The molecule has 0 aliphatic heterocycles. The van der Waals surface area contributed by atoms with E-state index in [1.807, 2.05) is 0 Å². The summed E-state index contributed by atoms with van der Waals surface area (Å²) in [7, 11) is 6.38. The summed E-state index contributed by atoms with van der Waals surface area (Å²) in [5, 5.41) is 12.1. The van der Waals surface area contributed by atoms with E-state index in [2.05, 4.69) is 108 Å². The second-order valence-corrected chi connectivity index (χ2v) is 8.54. The average Bonchev–Trinajstić information content (AvgIpc) is 3.45. The van der Waals surface area contributed by atoms with Gasteiger partial charge in [-0.3, -0.25) is 0 Å². The van der Waals surface area contributed by atoms with Crippen LogP contribution in [-0.2, 0) is 21.1 Å². The van der Waals surface area contributed by atoms with E-state index >= 15 is 0 Å². The van der Waals surface area contributed by atoms with Crippen LogP contribution >= 0.6 is 0 Å². The lowest BCUT2D eigenvalue weighted by Crippen LogP contribution is -1.90. The quantitative estimate of drug-likeness (QED) is 0.260. The highest BCUT2D eigenvalue weighted by Gasteiger charge is 2.17. The van der Waals surface area contributed by atoms with Crippen LogP contribution in [0.1, 0.15) is 0 Å². The minimum atomic E-state index is 1.27. The standard InChI is InChI=1S/C27H21N3/c1-28-13-10-16-22(28)7-4-19-25(16)20-5-8-23-18(12-15-29(23)2)27(20)21-6-9-24-17(26(19)21)11-14-30(24)3/h4-15H,1-3H3. The predicted molar refractivity (Wildman–Crippen MR) is 128 cm³/mol. The molecular formula is C27H21N3. The molecule has 3 heteroatoms. The van der Waals surface area contributed by atoms with E-state index in [0.29, 0.717) is 0 Å². The van der Waals surface area contributed by atoms with Crippen molar-refractivity contribution >= 4 is 65.0 Å². The number of hydrogen-bond acceptors (Lipinski definition) is 0. The molecule has 0 amide bonds. The van der Waals surface area contributed by atoms with Crippen LogP contribution in [0, 0.1) is 0 Å². The Kier molecular flexibility index (Phi) is 2.82. The molecule has 0 fully saturated rings. The zero-order valence-electron chi connectivity index (χ0n) is 17.3. The van der Waals surface area contributed by atoms with Crippen LogP contribution in [0.3, 0.4) is 0 Å². The third-order valence-electron chi connectivity index (χ3n) is 7.01. The highest BCUT2D eigenvalue weighted by molar-refractivity contribution is 6.38. The Labute approximate surface area is 173 Å². The molecule has 0 saturated heterocycles. The van der Waals surface area contributed by atoms with Crippen molar-refractivity contribution in [3.63, 3.8) is 0 Å². The van der Waals surface area contributed by atoms with Gasteiger partial charge in [0, 0.05) is 72.4 Å². The molecule has 0 radical (unpaired) electrons. The molecule has 0 bridgehead atoms. The largest absolute Gasteiger partial charge is 0.351 e. The summed E-state index contributed by atoms with van der Waals surface area (Å²) >= 11 is 0. The number of fused-ring (bicyclic) bond motifs is 12. The van der Waals surface area contributed by atoms with Crippen LogP contribution in [0.2, 0.25) is 0 Å². The van der Waals surface area contributed by atoms with Crippen LogP contribution in [-0.4, -0.2) is 13.7 Å². The van der Waals surface area contributed by atoms with Gasteiger partial charge >= 0.3 is 0 Å². The normalized spacial score (nSPS) is 12.5. The summed E-state index contributed by atoms with van der Waals surface area (Å²) in [5.74, 6) is 0. The van der Waals surface area contributed by atoms with E-state index < -0.39 is 0 Å². The summed E-state index contributed by atoms with van der Waals surface area (Å²) in [5.41, 5.74) is 3.82. The van der Waals surface area contributed by atoms with Crippen molar-refractivity contribution in [2.75, 3.05) is 0 Å². The van der Waals surface area contributed by atoms with Crippen molar-refractivity contribution in [2.24, 2.45) is 21.1 Å². The maximum atomic E-state index is 2.32. The maximum absolute atomic E-state index is 2.32. The fourth-order valence-corrected chi connectivity index (χ4v) is 5.55. The number of nitrogens with zero attached hydrogens (tertiary/aromatic N) is 3. The lowest BCUT2D eigenvalue weighted by molar-refractivity contribution is 0.969. The molecule has 7 aromatic rings. The lowest BCUT2D eigenvalue weighted by Gasteiger charge is -2.14. The van der Waals surface area contributed by atoms with E-state index in [0.717, 1.165) is 0 Å². The number of aromatic nitrogens is 3. The molecular weight excluding hydrogens is 366 g/mol. The molecule has 144 valence electrons. The average molecular weight is 387 g/mol. The SMILES string of the molecule is Cn1ccc2c3c(ccc21)c1c(ccc2c1ccn2C)c1c3ccc2c1ccn2C. The van der Waals surface area contributed by atoms with Gasteiger partial charge in [-0.05, 0) is 68.7 Å². The maximum Gasteiger partial charge on any atom is 0.0484 e. The van der Waals surface area contributed by atoms with Gasteiger partial charge in [-0.15, -0.1) is 0 Å². The van der Waals surface area contributed by atoms with Gasteiger partial charge in [-0.1, -0.05) is 18.2 Å². The molecule has 3 nitrogen and oxygen atoms in total. The number of benzene rings is 4. The van der Waals surface area contributed by atoms with Crippen LogP contribution < -0.4 is 0 Å². The number of aryl methyl sites for hydroxylation is 3. The predicted octanol–water partition coefficient (Wildman–Crippen LogP) is 6.62. The Hall–Kier alpha value is -3.72. The highest BCUT2D eigenvalue weighted by atomic mass is 14.9. The van der Waals surface area contributed by atoms with Gasteiger partial charge in [-0.2, -0.15) is 0 Å². The summed E-state index contributed by atoms with van der Waals surface area (Å²) in [6.45, 7) is 0. The summed E-state index contributed by atoms with van der Waals surface area (Å²) in [4.78, 5) is 0. The molecule has 30 heavy (non-hydrogen) atoms. The minimum Gasteiger partial charge on any atom is -0.351 e. The fourth-order valence-electron chi connectivity index (χ4n) is 5.55. The van der Waals surface area contributed by atoms with Gasteiger partial charge in [0.25, 0.3) is 0 Å². The molecule has 7 rings (SSSR count). The molecule has 3 aromatic heterocycles. The molecule has 3 heterocycles. The number of rotatable bonds is 0. The van der Waals surface area contributed by atoms with Crippen molar-refractivity contribution in [1.29, 1.82) is 0 Å². The van der Waals surface area contributed by atoms with Crippen LogP contribution in [0.15, 0.2) is 73.2 Å². The first kappa shape index (κ1) is 16.1. The Balaban J connectivity index is 1.93. The van der Waals surface area contributed by atoms with Gasteiger partial charge < -0.3 is 13.7 Å². The number of hydrogen-bond donors (Lipinski definition) is 0. The van der Waals surface area contributed by atoms with Gasteiger partial charge in [0.05, 0.1) is 0 Å². The molecule has 0 N–H and O–H groups in total. The second kappa shape index (κ2) is 5.25.